The number of hydrogen-bond acceptors (Lipinski definition) is 3. The maximum Gasteiger partial charge on any atom is 0.410 e. The number of piperidine rings is 1. The van der Waals surface area contributed by atoms with Crippen LogP contribution in [0.4, 0.5) is 4.79 Å². The number of carbonyl (C=O) groups is 2. The van der Waals surface area contributed by atoms with Crippen LogP contribution >= 0.6 is 0 Å². The first-order chi connectivity index (χ1) is 8.89. The van der Waals surface area contributed by atoms with Gasteiger partial charge in [0.2, 0.25) is 0 Å². The van der Waals surface area contributed by atoms with E-state index in [0.717, 1.165) is 45.1 Å². The summed E-state index contributed by atoms with van der Waals surface area (Å²) in [5, 5.41) is 0. The second-order valence-corrected chi connectivity index (χ2v) is 6.93. The third-order valence-corrected chi connectivity index (χ3v) is 4.26. The molecule has 0 N–H and O–H groups in total. The molecule has 1 aliphatic heterocycles. The van der Waals surface area contributed by atoms with Crippen LogP contribution in [-0.2, 0) is 9.53 Å². The minimum absolute atomic E-state index is 0.190. The molecule has 1 amide bonds. The molecule has 108 valence electrons. The molecule has 2 rings (SSSR count). The van der Waals surface area contributed by atoms with E-state index in [1.807, 2.05) is 25.7 Å². The molecular formula is C15H25NO3. The van der Waals surface area contributed by atoms with E-state index in [2.05, 4.69) is 0 Å². The molecule has 0 unspecified atom stereocenters. The maximum atomic E-state index is 11.9. The molecule has 0 bridgehead atoms. The highest BCUT2D eigenvalue weighted by atomic mass is 16.6. The van der Waals surface area contributed by atoms with Gasteiger partial charge in [0.1, 0.15) is 11.9 Å². The number of hydrogen-bond donors (Lipinski definition) is 0. The highest BCUT2D eigenvalue weighted by molar-refractivity contribution is 5.68. The number of aldehydes is 1. The van der Waals surface area contributed by atoms with Crippen molar-refractivity contribution in [1.82, 2.24) is 4.90 Å². The number of carbonyl (C=O) groups excluding carboxylic acids is 2. The van der Waals surface area contributed by atoms with Gasteiger partial charge in [-0.3, -0.25) is 0 Å². The summed E-state index contributed by atoms with van der Waals surface area (Å²) in [7, 11) is 0. The SMILES string of the molecule is CC(C)(C)OC(=O)N1CCC(C2CC(C=O)C2)CC1. The average Bonchev–Trinajstić information content (AvgIpc) is 2.26. The molecule has 0 aromatic rings. The summed E-state index contributed by atoms with van der Waals surface area (Å²) in [4.78, 5) is 24.4. The van der Waals surface area contributed by atoms with E-state index in [-0.39, 0.29) is 6.09 Å². The Kier molecular flexibility index (Phi) is 4.16. The Morgan fingerprint density at radius 1 is 1.16 bits per heavy atom. The largest absolute Gasteiger partial charge is 0.444 e. The fraction of sp³-hybridized carbons (Fsp3) is 0.867. The lowest BCUT2D eigenvalue weighted by Crippen LogP contribution is -2.44. The van der Waals surface area contributed by atoms with Crippen molar-refractivity contribution in [3.8, 4) is 0 Å². The van der Waals surface area contributed by atoms with Gasteiger partial charge in [0, 0.05) is 19.0 Å². The Hall–Kier alpha value is -1.06. The van der Waals surface area contributed by atoms with E-state index in [9.17, 15) is 9.59 Å². The van der Waals surface area contributed by atoms with Crippen molar-refractivity contribution in [2.75, 3.05) is 13.1 Å². The summed E-state index contributed by atoms with van der Waals surface area (Å²) in [6, 6.07) is 0. The first-order valence-corrected chi connectivity index (χ1v) is 7.32. The van der Waals surface area contributed by atoms with Gasteiger partial charge in [0.05, 0.1) is 0 Å². The average molecular weight is 267 g/mol. The molecule has 0 spiro atoms. The Balaban J connectivity index is 1.73. The third-order valence-electron chi connectivity index (χ3n) is 4.26. The fourth-order valence-corrected chi connectivity index (χ4v) is 3.08. The first-order valence-electron chi connectivity index (χ1n) is 7.32. The lowest BCUT2D eigenvalue weighted by atomic mass is 9.66. The van der Waals surface area contributed by atoms with E-state index >= 15 is 0 Å². The molecule has 4 heteroatoms. The minimum atomic E-state index is -0.418. The molecule has 1 aliphatic carbocycles. The summed E-state index contributed by atoms with van der Waals surface area (Å²) in [5.41, 5.74) is -0.418. The molecule has 0 aromatic heterocycles. The molecule has 1 heterocycles. The van der Waals surface area contributed by atoms with Crippen molar-refractivity contribution in [1.29, 1.82) is 0 Å². The van der Waals surface area contributed by atoms with Crippen LogP contribution in [0.15, 0.2) is 0 Å². The second-order valence-electron chi connectivity index (χ2n) is 6.93. The van der Waals surface area contributed by atoms with Gasteiger partial charge in [-0.1, -0.05) is 0 Å². The number of likely N-dealkylation sites (tertiary alicyclic amines) is 1. The van der Waals surface area contributed by atoms with Gasteiger partial charge in [0.15, 0.2) is 0 Å². The standard InChI is InChI=1S/C15H25NO3/c1-15(2,3)19-14(18)16-6-4-12(5-7-16)13-8-11(9-13)10-17/h10-13H,4-9H2,1-3H3. The normalized spacial score (nSPS) is 28.7. The number of ether oxygens (including phenoxy) is 1. The van der Waals surface area contributed by atoms with Crippen LogP contribution in [0.25, 0.3) is 0 Å². The Bertz CT molecular complexity index is 334. The zero-order valence-corrected chi connectivity index (χ0v) is 12.2. The van der Waals surface area contributed by atoms with Gasteiger partial charge in [0.25, 0.3) is 0 Å². The van der Waals surface area contributed by atoms with Crippen LogP contribution in [0, 0.1) is 17.8 Å². The number of amides is 1. The zero-order valence-electron chi connectivity index (χ0n) is 12.2. The molecule has 1 saturated heterocycles. The van der Waals surface area contributed by atoms with Gasteiger partial charge < -0.3 is 14.4 Å². The molecular weight excluding hydrogens is 242 g/mol. The van der Waals surface area contributed by atoms with Gasteiger partial charge >= 0.3 is 6.09 Å². The molecule has 0 atom stereocenters. The molecule has 0 aromatic carbocycles. The molecule has 0 radical (unpaired) electrons. The molecule has 1 saturated carbocycles. The molecule has 2 aliphatic rings. The molecule has 4 nitrogen and oxygen atoms in total. The van der Waals surface area contributed by atoms with Crippen LogP contribution in [-0.4, -0.2) is 36.0 Å². The lowest BCUT2D eigenvalue weighted by Gasteiger charge is -2.42. The quantitative estimate of drug-likeness (QED) is 0.723. The summed E-state index contributed by atoms with van der Waals surface area (Å²) in [6.45, 7) is 7.27. The van der Waals surface area contributed by atoms with Crippen molar-refractivity contribution >= 4 is 12.4 Å². The van der Waals surface area contributed by atoms with E-state index < -0.39 is 5.60 Å². The van der Waals surface area contributed by atoms with Crippen molar-refractivity contribution < 1.29 is 14.3 Å². The second kappa shape index (κ2) is 5.51. The van der Waals surface area contributed by atoms with Crippen molar-refractivity contribution in [2.24, 2.45) is 17.8 Å². The highest BCUT2D eigenvalue weighted by Gasteiger charge is 2.37. The Labute approximate surface area is 115 Å². The molecule has 19 heavy (non-hydrogen) atoms. The van der Waals surface area contributed by atoms with Crippen LogP contribution in [0.3, 0.4) is 0 Å². The van der Waals surface area contributed by atoms with Gasteiger partial charge in [-0.05, 0) is 58.3 Å². The monoisotopic (exact) mass is 267 g/mol. The predicted molar refractivity (Wildman–Crippen MR) is 72.8 cm³/mol. The minimum Gasteiger partial charge on any atom is -0.444 e. The lowest BCUT2D eigenvalue weighted by molar-refractivity contribution is -0.115. The van der Waals surface area contributed by atoms with Crippen LogP contribution < -0.4 is 0 Å². The van der Waals surface area contributed by atoms with Crippen molar-refractivity contribution in [3.63, 3.8) is 0 Å². The van der Waals surface area contributed by atoms with Crippen LogP contribution in [0.5, 0.6) is 0 Å². The first kappa shape index (κ1) is 14.4. The topological polar surface area (TPSA) is 46.6 Å². The fourth-order valence-electron chi connectivity index (χ4n) is 3.08. The molecule has 2 fully saturated rings. The predicted octanol–water partition coefficient (Wildman–Crippen LogP) is 2.86. The Morgan fingerprint density at radius 3 is 2.21 bits per heavy atom. The summed E-state index contributed by atoms with van der Waals surface area (Å²) in [6.07, 6.45) is 5.11. The van der Waals surface area contributed by atoms with Crippen molar-refractivity contribution in [3.05, 3.63) is 0 Å². The summed E-state index contributed by atoms with van der Waals surface area (Å²) >= 11 is 0. The van der Waals surface area contributed by atoms with Crippen molar-refractivity contribution in [2.45, 2.75) is 52.1 Å². The van der Waals surface area contributed by atoms with Gasteiger partial charge in [-0.25, -0.2) is 4.79 Å². The zero-order chi connectivity index (χ0) is 14.0. The van der Waals surface area contributed by atoms with Crippen LogP contribution in [0.2, 0.25) is 0 Å². The van der Waals surface area contributed by atoms with Gasteiger partial charge in [-0.2, -0.15) is 0 Å². The summed E-state index contributed by atoms with van der Waals surface area (Å²) < 4.78 is 5.39. The Morgan fingerprint density at radius 2 is 1.74 bits per heavy atom. The number of nitrogens with zero attached hydrogens (tertiary/aromatic N) is 1. The summed E-state index contributed by atoms with van der Waals surface area (Å²) in [5.74, 6) is 1.69. The smallest absolute Gasteiger partial charge is 0.410 e. The van der Waals surface area contributed by atoms with Gasteiger partial charge in [-0.15, -0.1) is 0 Å². The van der Waals surface area contributed by atoms with Crippen LogP contribution in [0.1, 0.15) is 46.5 Å². The van der Waals surface area contributed by atoms with E-state index in [1.54, 1.807) is 0 Å². The third kappa shape index (κ3) is 3.71. The van der Waals surface area contributed by atoms with E-state index in [0.29, 0.717) is 17.8 Å². The maximum absolute atomic E-state index is 11.9. The van der Waals surface area contributed by atoms with E-state index in [4.69, 9.17) is 4.74 Å². The highest BCUT2D eigenvalue weighted by Crippen LogP contribution is 2.41. The number of rotatable bonds is 2. The van der Waals surface area contributed by atoms with E-state index in [1.165, 1.54) is 0 Å².